The largest absolute Gasteiger partial charge is 0.347 e. The second kappa shape index (κ2) is 5.48. The summed E-state index contributed by atoms with van der Waals surface area (Å²) in [6.45, 7) is 3.84. The molecule has 1 aliphatic heterocycles. The topological polar surface area (TPSA) is 32.3 Å². The molecule has 1 unspecified atom stereocenters. The highest BCUT2D eigenvalue weighted by atomic mass is 15.2. The molecule has 4 rings (SSSR count). The Morgan fingerprint density at radius 3 is 2.86 bits per heavy atom. The van der Waals surface area contributed by atoms with Crippen molar-refractivity contribution in [3.8, 4) is 0 Å². The van der Waals surface area contributed by atoms with Gasteiger partial charge in [-0.3, -0.25) is 0 Å². The lowest BCUT2D eigenvalue weighted by molar-refractivity contribution is 0.104. The van der Waals surface area contributed by atoms with Crippen molar-refractivity contribution < 1.29 is 0 Å². The zero-order valence-electron chi connectivity index (χ0n) is 14.0. The molecule has 1 spiro atoms. The fourth-order valence-corrected chi connectivity index (χ4v) is 4.57. The van der Waals surface area contributed by atoms with Crippen LogP contribution < -0.4 is 4.90 Å². The summed E-state index contributed by atoms with van der Waals surface area (Å²) >= 11 is 0. The van der Waals surface area contributed by atoms with Crippen LogP contribution in [-0.2, 0) is 11.8 Å². The fourth-order valence-electron chi connectivity index (χ4n) is 4.57. The minimum atomic E-state index is 0.311. The molecule has 120 valence electrons. The highest BCUT2D eigenvalue weighted by Crippen LogP contribution is 2.44. The molecular weight excluding hydrogens is 272 g/mol. The second-order valence-corrected chi connectivity index (χ2v) is 7.85. The number of piperidine rings is 1. The highest BCUT2D eigenvalue weighted by molar-refractivity contribution is 5.39. The fraction of sp³-hybridized carbons (Fsp3) is 0.778. The van der Waals surface area contributed by atoms with Crippen LogP contribution in [0.3, 0.4) is 0 Å². The molecule has 0 bridgehead atoms. The number of fused-ring (bicyclic) bond motifs is 2. The Balaban J connectivity index is 1.58. The lowest BCUT2D eigenvalue weighted by Gasteiger charge is -2.43. The molecule has 1 atom stereocenters. The van der Waals surface area contributed by atoms with Gasteiger partial charge in [0, 0.05) is 38.8 Å². The minimum Gasteiger partial charge on any atom is -0.347 e. The molecule has 2 heterocycles. The number of aromatic nitrogens is 2. The summed E-state index contributed by atoms with van der Waals surface area (Å²) < 4.78 is 0. The third kappa shape index (κ3) is 2.41. The average molecular weight is 300 g/mol. The molecule has 0 N–H and O–H groups in total. The molecule has 2 aliphatic carbocycles. The lowest BCUT2D eigenvalue weighted by Crippen LogP contribution is -2.47. The Hall–Kier alpha value is -1.16. The summed E-state index contributed by atoms with van der Waals surface area (Å²) in [5, 5.41) is 0. The summed E-state index contributed by atoms with van der Waals surface area (Å²) in [5.41, 5.74) is 3.07. The Labute approximate surface area is 133 Å². The van der Waals surface area contributed by atoms with E-state index >= 15 is 0 Å². The molecular formula is C18H28N4. The first kappa shape index (κ1) is 14.4. The predicted molar refractivity (Wildman–Crippen MR) is 89.4 cm³/mol. The van der Waals surface area contributed by atoms with Gasteiger partial charge >= 0.3 is 0 Å². The van der Waals surface area contributed by atoms with Crippen molar-refractivity contribution in [2.45, 2.75) is 50.4 Å². The van der Waals surface area contributed by atoms with Gasteiger partial charge in [-0.1, -0.05) is 6.42 Å². The van der Waals surface area contributed by atoms with Gasteiger partial charge in [-0.15, -0.1) is 0 Å². The molecule has 1 saturated heterocycles. The van der Waals surface area contributed by atoms with E-state index in [4.69, 9.17) is 4.98 Å². The van der Waals surface area contributed by atoms with Gasteiger partial charge < -0.3 is 9.80 Å². The normalized spacial score (nSPS) is 28.6. The maximum absolute atomic E-state index is 4.97. The van der Waals surface area contributed by atoms with Gasteiger partial charge in [0.05, 0.1) is 5.69 Å². The third-order valence-corrected chi connectivity index (χ3v) is 6.02. The maximum Gasteiger partial charge on any atom is 0.225 e. The monoisotopic (exact) mass is 300 g/mol. The van der Waals surface area contributed by atoms with Crippen LogP contribution >= 0.6 is 0 Å². The zero-order chi connectivity index (χ0) is 15.2. The van der Waals surface area contributed by atoms with Crippen molar-refractivity contribution in [3.63, 3.8) is 0 Å². The maximum atomic E-state index is 4.97. The standard InChI is InChI=1S/C18H28N4/c1-21(2)17-19-11-15-7-9-18(16(15)20-17)8-4-10-22(13-18)12-14-5-3-6-14/h11,14H,3-10,12-13H2,1-2H3. The first-order valence-electron chi connectivity index (χ1n) is 8.92. The quantitative estimate of drug-likeness (QED) is 0.859. The lowest BCUT2D eigenvalue weighted by atomic mass is 9.76. The number of anilines is 1. The van der Waals surface area contributed by atoms with Crippen LogP contribution in [0.2, 0.25) is 0 Å². The summed E-state index contributed by atoms with van der Waals surface area (Å²) in [6, 6.07) is 0. The van der Waals surface area contributed by atoms with Crippen molar-refractivity contribution in [1.29, 1.82) is 0 Å². The zero-order valence-corrected chi connectivity index (χ0v) is 14.0. The van der Waals surface area contributed by atoms with E-state index in [9.17, 15) is 0 Å². The highest BCUT2D eigenvalue weighted by Gasteiger charge is 2.44. The molecule has 1 aromatic rings. The Bertz CT molecular complexity index is 548. The van der Waals surface area contributed by atoms with Crippen molar-refractivity contribution in [2.24, 2.45) is 5.92 Å². The molecule has 1 saturated carbocycles. The van der Waals surface area contributed by atoms with Crippen LogP contribution in [0, 0.1) is 5.92 Å². The van der Waals surface area contributed by atoms with Crippen LogP contribution in [0.1, 0.15) is 49.8 Å². The Kier molecular flexibility index (Phi) is 3.60. The molecule has 4 nitrogen and oxygen atoms in total. The predicted octanol–water partition coefficient (Wildman–Crippen LogP) is 2.62. The molecule has 0 amide bonds. The molecule has 1 aromatic heterocycles. The van der Waals surface area contributed by atoms with E-state index in [1.54, 1.807) is 0 Å². The van der Waals surface area contributed by atoms with Crippen molar-refractivity contribution in [2.75, 3.05) is 38.6 Å². The number of nitrogens with zero attached hydrogens (tertiary/aromatic N) is 4. The first-order valence-corrected chi connectivity index (χ1v) is 8.92. The van der Waals surface area contributed by atoms with E-state index in [-0.39, 0.29) is 0 Å². The van der Waals surface area contributed by atoms with Gasteiger partial charge in [-0.05, 0) is 56.6 Å². The van der Waals surface area contributed by atoms with Gasteiger partial charge in [0.1, 0.15) is 0 Å². The van der Waals surface area contributed by atoms with E-state index in [0.29, 0.717) is 5.41 Å². The van der Waals surface area contributed by atoms with E-state index < -0.39 is 0 Å². The SMILES string of the molecule is CN(C)c1ncc2c(n1)C1(CCCN(CC3CCC3)C1)CC2. The third-order valence-electron chi connectivity index (χ3n) is 6.02. The van der Waals surface area contributed by atoms with E-state index in [1.807, 2.05) is 19.0 Å². The van der Waals surface area contributed by atoms with Gasteiger partial charge in [0.2, 0.25) is 5.95 Å². The molecule has 3 aliphatic rings. The summed E-state index contributed by atoms with van der Waals surface area (Å²) in [7, 11) is 4.07. The Morgan fingerprint density at radius 2 is 2.14 bits per heavy atom. The number of hydrogen-bond acceptors (Lipinski definition) is 4. The van der Waals surface area contributed by atoms with E-state index in [2.05, 4.69) is 16.1 Å². The summed E-state index contributed by atoms with van der Waals surface area (Å²) in [4.78, 5) is 14.2. The van der Waals surface area contributed by atoms with Crippen LogP contribution in [0.5, 0.6) is 0 Å². The van der Waals surface area contributed by atoms with Crippen LogP contribution in [0.4, 0.5) is 5.95 Å². The van der Waals surface area contributed by atoms with Gasteiger partial charge in [0.15, 0.2) is 0 Å². The van der Waals surface area contributed by atoms with Crippen LogP contribution in [0.25, 0.3) is 0 Å². The van der Waals surface area contributed by atoms with Gasteiger partial charge in [-0.25, -0.2) is 9.97 Å². The molecule has 0 radical (unpaired) electrons. The number of rotatable bonds is 3. The van der Waals surface area contributed by atoms with Crippen LogP contribution in [0.15, 0.2) is 6.20 Å². The van der Waals surface area contributed by atoms with Crippen molar-refractivity contribution in [1.82, 2.24) is 14.9 Å². The minimum absolute atomic E-state index is 0.311. The van der Waals surface area contributed by atoms with Crippen molar-refractivity contribution in [3.05, 3.63) is 17.5 Å². The van der Waals surface area contributed by atoms with Gasteiger partial charge in [-0.2, -0.15) is 0 Å². The van der Waals surface area contributed by atoms with E-state index in [0.717, 1.165) is 11.9 Å². The molecule has 2 fully saturated rings. The summed E-state index contributed by atoms with van der Waals surface area (Å²) in [5.74, 6) is 1.84. The second-order valence-electron chi connectivity index (χ2n) is 7.85. The molecule has 0 aromatic carbocycles. The average Bonchev–Trinajstić information content (AvgIpc) is 2.81. The summed E-state index contributed by atoms with van der Waals surface area (Å²) in [6.07, 6.45) is 11.5. The smallest absolute Gasteiger partial charge is 0.225 e. The van der Waals surface area contributed by atoms with Gasteiger partial charge in [0.25, 0.3) is 0 Å². The van der Waals surface area contributed by atoms with Crippen molar-refractivity contribution >= 4 is 5.95 Å². The molecule has 4 heteroatoms. The molecule has 22 heavy (non-hydrogen) atoms. The number of hydrogen-bond donors (Lipinski definition) is 0. The Morgan fingerprint density at radius 1 is 1.27 bits per heavy atom. The first-order chi connectivity index (χ1) is 10.7. The number of aryl methyl sites for hydroxylation is 1. The van der Waals surface area contributed by atoms with Crippen LogP contribution in [-0.4, -0.2) is 48.6 Å². The van der Waals surface area contributed by atoms with E-state index in [1.165, 1.54) is 75.8 Å². The number of likely N-dealkylation sites (tertiary alicyclic amines) is 1.